The van der Waals surface area contributed by atoms with Crippen LogP contribution in [0.3, 0.4) is 0 Å². The van der Waals surface area contributed by atoms with Crippen LogP contribution in [0.15, 0.2) is 34.7 Å². The second-order valence-electron chi connectivity index (χ2n) is 3.66. The minimum Gasteiger partial charge on any atom is -0.494 e. The third-order valence-electron chi connectivity index (χ3n) is 2.24. The van der Waals surface area contributed by atoms with Gasteiger partial charge in [0.1, 0.15) is 11.8 Å². The number of ether oxygens (including phenoxy) is 1. The lowest BCUT2D eigenvalue weighted by molar-refractivity contribution is 0.340. The maximum absolute atomic E-state index is 9.18. The van der Waals surface area contributed by atoms with Crippen LogP contribution in [0.4, 0.5) is 5.69 Å². The number of nitriles is 1. The Balaban J connectivity index is 2.15. The van der Waals surface area contributed by atoms with E-state index in [1.165, 1.54) is 5.38 Å². The van der Waals surface area contributed by atoms with E-state index in [9.17, 15) is 5.11 Å². The Hall–Kier alpha value is -2.59. The molecular formula is C13H12N4O2S. The molecule has 1 aromatic heterocycles. The molecule has 0 saturated heterocycles. The Bertz CT molecular complexity index is 660. The largest absolute Gasteiger partial charge is 0.494 e. The zero-order chi connectivity index (χ0) is 14.4. The van der Waals surface area contributed by atoms with Crippen LogP contribution in [0.25, 0.3) is 0 Å². The number of hydrazone groups is 1. The molecule has 0 amide bonds. The van der Waals surface area contributed by atoms with E-state index in [-0.39, 0.29) is 11.6 Å². The first-order valence-electron chi connectivity index (χ1n) is 5.84. The van der Waals surface area contributed by atoms with Crippen molar-refractivity contribution in [3.63, 3.8) is 0 Å². The maximum atomic E-state index is 9.18. The fraction of sp³-hybridized carbons (Fsp3) is 0.154. The normalized spacial score (nSPS) is 10.9. The van der Waals surface area contributed by atoms with Crippen molar-refractivity contribution in [3.05, 3.63) is 34.7 Å². The summed E-state index contributed by atoms with van der Waals surface area (Å²) in [6, 6.07) is 9.18. The van der Waals surface area contributed by atoms with Crippen molar-refractivity contribution >= 4 is 22.7 Å². The summed E-state index contributed by atoms with van der Waals surface area (Å²) in [5.41, 5.74) is 3.58. The van der Waals surface area contributed by atoms with Crippen molar-refractivity contribution < 1.29 is 9.84 Å². The first-order valence-corrected chi connectivity index (χ1v) is 6.72. The van der Waals surface area contributed by atoms with Gasteiger partial charge in [-0.15, -0.1) is 11.3 Å². The molecule has 0 radical (unpaired) electrons. The number of aromatic hydroxyl groups is 1. The highest BCUT2D eigenvalue weighted by Crippen LogP contribution is 2.18. The number of nitrogens with one attached hydrogen (secondary N) is 1. The molecule has 0 bridgehead atoms. The molecular weight excluding hydrogens is 276 g/mol. The smallest absolute Gasteiger partial charge is 0.222 e. The van der Waals surface area contributed by atoms with Crippen LogP contribution in [-0.4, -0.2) is 22.4 Å². The molecule has 0 atom stereocenters. The lowest BCUT2D eigenvalue weighted by Gasteiger charge is -2.05. The predicted octanol–water partition coefficient (Wildman–Crippen LogP) is 2.59. The first-order chi connectivity index (χ1) is 9.72. The fourth-order valence-electron chi connectivity index (χ4n) is 1.44. The monoisotopic (exact) mass is 288 g/mol. The first kappa shape index (κ1) is 13.8. The number of hydrogen-bond acceptors (Lipinski definition) is 7. The number of benzene rings is 1. The van der Waals surface area contributed by atoms with E-state index < -0.39 is 0 Å². The molecule has 102 valence electrons. The van der Waals surface area contributed by atoms with Crippen LogP contribution < -0.4 is 10.2 Å². The number of aromatic nitrogens is 1. The predicted molar refractivity (Wildman–Crippen MR) is 77.2 cm³/mol. The summed E-state index contributed by atoms with van der Waals surface area (Å²) < 4.78 is 5.37. The number of nitrogens with zero attached hydrogens (tertiary/aromatic N) is 3. The molecule has 7 heteroatoms. The quantitative estimate of drug-likeness (QED) is 0.652. The standard InChI is InChI=1S/C13H12N4O2S/c1-2-19-10-5-3-4-9(6-10)16-17-11(7-14)13-15-12(18)8-20-13/h3-6,8,16,18H,2H2,1H3/b17-11-. The van der Waals surface area contributed by atoms with Gasteiger partial charge in [0.25, 0.3) is 0 Å². The van der Waals surface area contributed by atoms with E-state index in [0.717, 1.165) is 17.1 Å². The molecule has 20 heavy (non-hydrogen) atoms. The molecule has 0 aliphatic heterocycles. The van der Waals surface area contributed by atoms with Crippen molar-refractivity contribution in [2.24, 2.45) is 5.10 Å². The molecule has 0 spiro atoms. The highest BCUT2D eigenvalue weighted by atomic mass is 32.1. The molecule has 1 heterocycles. The van der Waals surface area contributed by atoms with Crippen molar-refractivity contribution in [1.82, 2.24) is 4.98 Å². The van der Waals surface area contributed by atoms with Gasteiger partial charge in [0, 0.05) is 6.07 Å². The number of anilines is 1. The van der Waals surface area contributed by atoms with Gasteiger partial charge in [0.2, 0.25) is 5.88 Å². The second-order valence-corrected chi connectivity index (χ2v) is 4.51. The lowest BCUT2D eigenvalue weighted by Crippen LogP contribution is -2.01. The van der Waals surface area contributed by atoms with Gasteiger partial charge in [-0.05, 0) is 19.1 Å². The average Bonchev–Trinajstić information content (AvgIpc) is 2.87. The van der Waals surface area contributed by atoms with E-state index >= 15 is 0 Å². The van der Waals surface area contributed by atoms with Crippen molar-refractivity contribution in [2.75, 3.05) is 12.0 Å². The van der Waals surface area contributed by atoms with Gasteiger partial charge < -0.3 is 9.84 Å². The third-order valence-corrected chi connectivity index (χ3v) is 3.08. The van der Waals surface area contributed by atoms with Crippen molar-refractivity contribution in [2.45, 2.75) is 6.92 Å². The molecule has 6 nitrogen and oxygen atoms in total. The topological polar surface area (TPSA) is 90.5 Å². The van der Waals surface area contributed by atoms with E-state index in [0.29, 0.717) is 17.3 Å². The summed E-state index contributed by atoms with van der Waals surface area (Å²) in [6.45, 7) is 2.48. The van der Waals surface area contributed by atoms with Gasteiger partial charge in [0.05, 0.1) is 17.7 Å². The van der Waals surface area contributed by atoms with Gasteiger partial charge in [-0.1, -0.05) is 6.07 Å². The van der Waals surface area contributed by atoms with Crippen molar-refractivity contribution in [1.29, 1.82) is 5.26 Å². The van der Waals surface area contributed by atoms with Crippen LogP contribution >= 0.6 is 11.3 Å². The maximum Gasteiger partial charge on any atom is 0.222 e. The van der Waals surface area contributed by atoms with E-state index in [1.54, 1.807) is 12.1 Å². The summed E-state index contributed by atoms with van der Waals surface area (Å²) in [4.78, 5) is 3.80. The Morgan fingerprint density at radius 3 is 3.10 bits per heavy atom. The summed E-state index contributed by atoms with van der Waals surface area (Å²) in [6.07, 6.45) is 0. The molecule has 2 N–H and O–H groups in total. The molecule has 2 rings (SSSR count). The molecule has 0 aliphatic rings. The van der Waals surface area contributed by atoms with Gasteiger partial charge in [-0.3, -0.25) is 5.43 Å². The molecule has 1 aromatic carbocycles. The summed E-state index contributed by atoms with van der Waals surface area (Å²) in [7, 11) is 0. The van der Waals surface area contributed by atoms with Gasteiger partial charge in [-0.25, -0.2) is 0 Å². The number of rotatable bonds is 5. The summed E-state index contributed by atoms with van der Waals surface area (Å²) >= 11 is 1.15. The lowest BCUT2D eigenvalue weighted by atomic mass is 10.3. The molecule has 0 saturated carbocycles. The second kappa shape index (κ2) is 6.54. The Morgan fingerprint density at radius 2 is 2.45 bits per heavy atom. The fourth-order valence-corrected chi connectivity index (χ4v) is 2.06. The number of hydrogen-bond donors (Lipinski definition) is 2. The van der Waals surface area contributed by atoms with Crippen LogP contribution in [0.5, 0.6) is 11.6 Å². The van der Waals surface area contributed by atoms with Gasteiger partial charge in [0.15, 0.2) is 10.7 Å². The minimum atomic E-state index is -0.119. The molecule has 0 aliphatic carbocycles. The van der Waals surface area contributed by atoms with E-state index in [2.05, 4.69) is 15.5 Å². The average molecular weight is 288 g/mol. The number of thiazole rings is 1. The van der Waals surface area contributed by atoms with Crippen LogP contribution in [-0.2, 0) is 0 Å². The van der Waals surface area contributed by atoms with Crippen LogP contribution in [0, 0.1) is 11.3 Å². The zero-order valence-corrected chi connectivity index (χ0v) is 11.5. The third kappa shape index (κ3) is 3.46. The molecule has 0 unspecified atom stereocenters. The minimum absolute atomic E-state index is 0.108. The Labute approximate surface area is 120 Å². The molecule has 2 aromatic rings. The molecule has 0 fully saturated rings. The van der Waals surface area contributed by atoms with Gasteiger partial charge >= 0.3 is 0 Å². The van der Waals surface area contributed by atoms with E-state index in [1.807, 2.05) is 25.1 Å². The Morgan fingerprint density at radius 1 is 1.60 bits per heavy atom. The van der Waals surface area contributed by atoms with E-state index in [4.69, 9.17) is 10.00 Å². The highest BCUT2D eigenvalue weighted by Gasteiger charge is 2.08. The summed E-state index contributed by atoms with van der Waals surface area (Å²) in [5, 5.41) is 24.0. The van der Waals surface area contributed by atoms with Crippen molar-refractivity contribution in [3.8, 4) is 17.7 Å². The van der Waals surface area contributed by atoms with Gasteiger partial charge in [-0.2, -0.15) is 15.3 Å². The highest BCUT2D eigenvalue weighted by molar-refractivity contribution is 7.12. The SMILES string of the molecule is CCOc1cccc(N/N=C(/C#N)c2nc(O)cs2)c1. The summed E-state index contributed by atoms with van der Waals surface area (Å²) in [5.74, 6) is 0.601. The zero-order valence-electron chi connectivity index (χ0n) is 10.7. The van der Waals surface area contributed by atoms with Crippen LogP contribution in [0.1, 0.15) is 11.9 Å². The van der Waals surface area contributed by atoms with Crippen LogP contribution in [0.2, 0.25) is 0 Å². The Kier molecular flexibility index (Phi) is 4.52.